The first-order valence-electron chi connectivity index (χ1n) is 5.21. The molecule has 0 bridgehead atoms. The summed E-state index contributed by atoms with van der Waals surface area (Å²) in [6.45, 7) is 3.95. The topological polar surface area (TPSA) is 30.0 Å². The van der Waals surface area contributed by atoms with E-state index in [-0.39, 0.29) is 5.78 Å². The molecule has 2 nitrogen and oxygen atoms in total. The molecule has 0 saturated carbocycles. The van der Waals surface area contributed by atoms with Gasteiger partial charge in [0.15, 0.2) is 0 Å². The number of hydrogen-bond acceptors (Lipinski definition) is 2. The minimum Gasteiger partial charge on any atom is -0.287 e. The van der Waals surface area contributed by atoms with Crippen LogP contribution in [0.3, 0.4) is 0 Å². The van der Waals surface area contributed by atoms with Crippen molar-refractivity contribution < 1.29 is 4.79 Å². The Labute approximate surface area is 95.0 Å². The van der Waals surface area contributed by atoms with Crippen molar-refractivity contribution >= 4 is 5.78 Å². The van der Waals surface area contributed by atoms with Gasteiger partial charge in [-0.05, 0) is 31.5 Å². The highest BCUT2D eigenvalue weighted by atomic mass is 16.1. The molecule has 2 rings (SSSR count). The van der Waals surface area contributed by atoms with E-state index >= 15 is 0 Å². The van der Waals surface area contributed by atoms with Crippen LogP contribution in [0.15, 0.2) is 42.6 Å². The number of benzene rings is 1. The highest BCUT2D eigenvalue weighted by Crippen LogP contribution is 2.10. The van der Waals surface area contributed by atoms with Gasteiger partial charge in [0.05, 0.1) is 0 Å². The van der Waals surface area contributed by atoms with Gasteiger partial charge in [0.1, 0.15) is 5.69 Å². The molecule has 1 heterocycles. The highest BCUT2D eigenvalue weighted by molar-refractivity contribution is 6.07. The fourth-order valence-corrected chi connectivity index (χ4v) is 1.51. The number of aryl methyl sites for hydroxylation is 2. The predicted octanol–water partition coefficient (Wildman–Crippen LogP) is 2.93. The fraction of sp³-hybridized carbons (Fsp3) is 0.143. The zero-order valence-corrected chi connectivity index (χ0v) is 9.40. The summed E-state index contributed by atoms with van der Waals surface area (Å²) in [4.78, 5) is 16.1. The van der Waals surface area contributed by atoms with E-state index in [9.17, 15) is 4.79 Å². The summed E-state index contributed by atoms with van der Waals surface area (Å²) in [7, 11) is 0. The van der Waals surface area contributed by atoms with Gasteiger partial charge in [-0.25, -0.2) is 0 Å². The van der Waals surface area contributed by atoms with Gasteiger partial charge >= 0.3 is 0 Å². The van der Waals surface area contributed by atoms with E-state index in [2.05, 4.69) is 4.98 Å². The lowest BCUT2D eigenvalue weighted by atomic mass is 10.1. The second-order valence-corrected chi connectivity index (χ2v) is 3.91. The van der Waals surface area contributed by atoms with Crippen molar-refractivity contribution in [2.45, 2.75) is 13.8 Å². The van der Waals surface area contributed by atoms with Crippen molar-refractivity contribution in [1.82, 2.24) is 4.98 Å². The third-order valence-electron chi connectivity index (χ3n) is 2.46. The number of carbonyl (C=O) groups is 1. The SMILES string of the molecule is Cc1ccc(C(=O)c2cc(C)ccn2)cc1. The quantitative estimate of drug-likeness (QED) is 0.715. The standard InChI is InChI=1S/C14H13NO/c1-10-3-5-12(6-4-10)14(16)13-9-11(2)7-8-15-13/h3-9H,1-2H3. The number of carbonyl (C=O) groups excluding carboxylic acids is 1. The van der Waals surface area contributed by atoms with Gasteiger partial charge in [0.2, 0.25) is 5.78 Å². The first-order chi connectivity index (χ1) is 7.66. The second kappa shape index (κ2) is 4.27. The lowest BCUT2D eigenvalue weighted by Gasteiger charge is -2.01. The van der Waals surface area contributed by atoms with Crippen LogP contribution < -0.4 is 0 Å². The average molecular weight is 211 g/mol. The molecule has 80 valence electrons. The van der Waals surface area contributed by atoms with Crippen LogP contribution in [-0.2, 0) is 0 Å². The monoisotopic (exact) mass is 211 g/mol. The van der Waals surface area contributed by atoms with E-state index in [0.29, 0.717) is 11.3 Å². The van der Waals surface area contributed by atoms with Gasteiger partial charge < -0.3 is 0 Å². The Morgan fingerprint density at radius 3 is 2.31 bits per heavy atom. The Morgan fingerprint density at radius 1 is 1.00 bits per heavy atom. The summed E-state index contributed by atoms with van der Waals surface area (Å²) in [6, 6.07) is 11.2. The molecule has 0 radical (unpaired) electrons. The van der Waals surface area contributed by atoms with Crippen LogP contribution in [0.25, 0.3) is 0 Å². The molecule has 1 aromatic heterocycles. The number of hydrogen-bond donors (Lipinski definition) is 0. The lowest BCUT2D eigenvalue weighted by Crippen LogP contribution is -2.03. The molecule has 0 spiro atoms. The molecular formula is C14H13NO. The number of pyridine rings is 1. The third-order valence-corrected chi connectivity index (χ3v) is 2.46. The van der Waals surface area contributed by atoms with Crippen LogP contribution in [0.2, 0.25) is 0 Å². The molecular weight excluding hydrogens is 198 g/mol. The number of nitrogens with zero attached hydrogens (tertiary/aromatic N) is 1. The summed E-state index contributed by atoms with van der Waals surface area (Å²) in [5.41, 5.74) is 3.38. The Morgan fingerprint density at radius 2 is 1.69 bits per heavy atom. The van der Waals surface area contributed by atoms with E-state index in [1.54, 1.807) is 6.20 Å². The summed E-state index contributed by atoms with van der Waals surface area (Å²) in [5.74, 6) is -0.0244. The fourth-order valence-electron chi connectivity index (χ4n) is 1.51. The molecule has 2 heteroatoms. The Hall–Kier alpha value is -1.96. The predicted molar refractivity (Wildman–Crippen MR) is 63.6 cm³/mol. The highest BCUT2D eigenvalue weighted by Gasteiger charge is 2.09. The van der Waals surface area contributed by atoms with E-state index < -0.39 is 0 Å². The maximum Gasteiger partial charge on any atom is 0.211 e. The van der Waals surface area contributed by atoms with Crippen LogP contribution in [0.1, 0.15) is 27.2 Å². The summed E-state index contributed by atoms with van der Waals surface area (Å²) in [5, 5.41) is 0. The maximum absolute atomic E-state index is 12.0. The van der Waals surface area contributed by atoms with Gasteiger partial charge in [0.25, 0.3) is 0 Å². The molecule has 0 aliphatic rings. The molecule has 0 unspecified atom stereocenters. The van der Waals surface area contributed by atoms with Gasteiger partial charge in [-0.2, -0.15) is 0 Å². The van der Waals surface area contributed by atoms with E-state index in [1.165, 1.54) is 0 Å². The molecule has 0 aliphatic carbocycles. The molecule has 16 heavy (non-hydrogen) atoms. The maximum atomic E-state index is 12.0. The van der Waals surface area contributed by atoms with Crippen molar-refractivity contribution in [2.24, 2.45) is 0 Å². The van der Waals surface area contributed by atoms with Crippen molar-refractivity contribution in [1.29, 1.82) is 0 Å². The van der Waals surface area contributed by atoms with Crippen LogP contribution in [0.4, 0.5) is 0 Å². The zero-order chi connectivity index (χ0) is 11.5. The van der Waals surface area contributed by atoms with Crippen molar-refractivity contribution in [2.75, 3.05) is 0 Å². The largest absolute Gasteiger partial charge is 0.287 e. The molecule has 1 aromatic carbocycles. The van der Waals surface area contributed by atoms with Gasteiger partial charge in [-0.15, -0.1) is 0 Å². The van der Waals surface area contributed by atoms with Crippen molar-refractivity contribution in [3.8, 4) is 0 Å². The van der Waals surface area contributed by atoms with Gasteiger partial charge in [0, 0.05) is 11.8 Å². The minimum atomic E-state index is -0.0244. The molecule has 0 N–H and O–H groups in total. The number of ketones is 1. The van der Waals surface area contributed by atoms with Crippen LogP contribution in [-0.4, -0.2) is 10.8 Å². The summed E-state index contributed by atoms with van der Waals surface area (Å²) >= 11 is 0. The Kier molecular flexibility index (Phi) is 2.82. The van der Waals surface area contributed by atoms with Crippen LogP contribution in [0.5, 0.6) is 0 Å². The normalized spacial score (nSPS) is 10.1. The molecule has 0 atom stereocenters. The van der Waals surface area contributed by atoms with Crippen LogP contribution in [0, 0.1) is 13.8 Å². The van der Waals surface area contributed by atoms with Gasteiger partial charge in [-0.3, -0.25) is 9.78 Å². The number of aromatic nitrogens is 1. The van der Waals surface area contributed by atoms with Gasteiger partial charge in [-0.1, -0.05) is 29.8 Å². The van der Waals surface area contributed by atoms with E-state index in [1.807, 2.05) is 50.2 Å². The Bertz CT molecular complexity index is 515. The zero-order valence-electron chi connectivity index (χ0n) is 9.40. The lowest BCUT2D eigenvalue weighted by molar-refractivity contribution is 0.103. The molecule has 0 aliphatic heterocycles. The second-order valence-electron chi connectivity index (χ2n) is 3.91. The number of rotatable bonds is 2. The molecule has 0 fully saturated rings. The van der Waals surface area contributed by atoms with Crippen molar-refractivity contribution in [3.63, 3.8) is 0 Å². The van der Waals surface area contributed by atoms with Crippen molar-refractivity contribution in [3.05, 3.63) is 65.0 Å². The molecule has 0 saturated heterocycles. The molecule has 2 aromatic rings. The summed E-state index contributed by atoms with van der Waals surface area (Å²) in [6.07, 6.45) is 1.66. The Balaban J connectivity index is 2.35. The average Bonchev–Trinajstić information content (AvgIpc) is 2.29. The molecule has 0 amide bonds. The van der Waals surface area contributed by atoms with E-state index in [4.69, 9.17) is 0 Å². The minimum absolute atomic E-state index is 0.0244. The van der Waals surface area contributed by atoms with Crippen LogP contribution >= 0.6 is 0 Å². The third kappa shape index (κ3) is 2.16. The first kappa shape index (κ1) is 10.6. The first-order valence-corrected chi connectivity index (χ1v) is 5.21. The summed E-state index contributed by atoms with van der Waals surface area (Å²) < 4.78 is 0. The smallest absolute Gasteiger partial charge is 0.211 e. The van der Waals surface area contributed by atoms with E-state index in [0.717, 1.165) is 11.1 Å².